The van der Waals surface area contributed by atoms with Crippen molar-refractivity contribution in [3.63, 3.8) is 0 Å². The number of carbonyl (C=O) groups is 1. The lowest BCUT2D eigenvalue weighted by atomic mass is 10.1. The van der Waals surface area contributed by atoms with Gasteiger partial charge in [0.2, 0.25) is 0 Å². The van der Waals surface area contributed by atoms with Gasteiger partial charge in [0.05, 0.1) is 6.04 Å². The largest absolute Gasteiger partial charge is 0.384 e. The van der Waals surface area contributed by atoms with E-state index >= 15 is 0 Å². The summed E-state index contributed by atoms with van der Waals surface area (Å²) in [5, 5.41) is 0. The second-order valence-electron chi connectivity index (χ2n) is 5.04. The van der Waals surface area contributed by atoms with Gasteiger partial charge in [-0.25, -0.2) is 4.98 Å². The van der Waals surface area contributed by atoms with Crippen molar-refractivity contribution in [2.75, 3.05) is 12.3 Å². The second-order valence-corrected chi connectivity index (χ2v) is 5.04. The summed E-state index contributed by atoms with van der Waals surface area (Å²) in [7, 11) is 0. The Morgan fingerprint density at radius 2 is 2.00 bits per heavy atom. The lowest BCUT2D eigenvalue weighted by Crippen LogP contribution is -2.30. The van der Waals surface area contributed by atoms with Crippen LogP contribution in [0.5, 0.6) is 0 Å². The van der Waals surface area contributed by atoms with Crippen molar-refractivity contribution < 1.29 is 4.79 Å². The van der Waals surface area contributed by atoms with Crippen molar-refractivity contribution in [2.45, 2.75) is 18.9 Å². The van der Waals surface area contributed by atoms with Gasteiger partial charge in [0.1, 0.15) is 5.82 Å². The molecule has 1 aromatic carbocycles. The molecule has 0 bridgehead atoms. The standard InChI is InChI=1S/C16H17N3O/c17-15-9-8-13(11-18-15)14-7-4-10-19(14)16(20)12-5-2-1-3-6-12/h1-3,5-6,8-9,11,14H,4,7,10H2,(H2,17,18)/t14-/m0/s1. The van der Waals surface area contributed by atoms with Crippen LogP contribution in [0.2, 0.25) is 0 Å². The molecule has 0 unspecified atom stereocenters. The number of pyridine rings is 1. The molecule has 4 nitrogen and oxygen atoms in total. The fourth-order valence-electron chi connectivity index (χ4n) is 2.72. The summed E-state index contributed by atoms with van der Waals surface area (Å²) >= 11 is 0. The maximum absolute atomic E-state index is 12.6. The summed E-state index contributed by atoms with van der Waals surface area (Å²) in [4.78, 5) is 18.6. The second kappa shape index (κ2) is 5.33. The zero-order valence-electron chi connectivity index (χ0n) is 11.2. The summed E-state index contributed by atoms with van der Waals surface area (Å²) < 4.78 is 0. The summed E-state index contributed by atoms with van der Waals surface area (Å²) in [5.41, 5.74) is 7.41. The van der Waals surface area contributed by atoms with E-state index in [9.17, 15) is 4.79 Å². The molecule has 2 aromatic rings. The lowest BCUT2D eigenvalue weighted by Gasteiger charge is -2.25. The van der Waals surface area contributed by atoms with Gasteiger partial charge in [-0.05, 0) is 36.6 Å². The van der Waals surface area contributed by atoms with Crippen molar-refractivity contribution in [3.05, 3.63) is 59.8 Å². The topological polar surface area (TPSA) is 59.2 Å². The zero-order valence-corrected chi connectivity index (χ0v) is 11.2. The van der Waals surface area contributed by atoms with Crippen molar-refractivity contribution in [1.29, 1.82) is 0 Å². The van der Waals surface area contributed by atoms with E-state index in [-0.39, 0.29) is 11.9 Å². The number of anilines is 1. The van der Waals surface area contributed by atoms with E-state index in [2.05, 4.69) is 4.98 Å². The molecule has 1 amide bonds. The third kappa shape index (κ3) is 2.37. The summed E-state index contributed by atoms with van der Waals surface area (Å²) in [6, 6.07) is 13.3. The average molecular weight is 267 g/mol. The van der Waals surface area contributed by atoms with Crippen LogP contribution in [0.15, 0.2) is 48.7 Å². The van der Waals surface area contributed by atoms with E-state index in [4.69, 9.17) is 5.73 Å². The Morgan fingerprint density at radius 3 is 2.70 bits per heavy atom. The summed E-state index contributed by atoms with van der Waals surface area (Å²) in [6.07, 6.45) is 3.77. The Hall–Kier alpha value is -2.36. The number of hydrogen-bond acceptors (Lipinski definition) is 3. The number of likely N-dealkylation sites (tertiary alicyclic amines) is 1. The molecule has 3 rings (SSSR count). The molecule has 0 saturated carbocycles. The molecule has 1 saturated heterocycles. The van der Waals surface area contributed by atoms with Crippen LogP contribution in [0, 0.1) is 0 Å². The SMILES string of the molecule is Nc1ccc([C@@H]2CCCN2C(=O)c2ccccc2)cn1. The molecule has 4 heteroatoms. The molecule has 2 N–H and O–H groups in total. The monoisotopic (exact) mass is 267 g/mol. The van der Waals surface area contributed by atoms with Crippen molar-refractivity contribution in [3.8, 4) is 0 Å². The van der Waals surface area contributed by atoms with E-state index in [1.807, 2.05) is 41.3 Å². The van der Waals surface area contributed by atoms with Crippen molar-refractivity contribution >= 4 is 11.7 Å². The number of hydrogen-bond donors (Lipinski definition) is 1. The molecular formula is C16H17N3O. The van der Waals surface area contributed by atoms with Crippen molar-refractivity contribution in [2.24, 2.45) is 0 Å². The van der Waals surface area contributed by atoms with Gasteiger partial charge in [-0.1, -0.05) is 24.3 Å². The number of rotatable bonds is 2. The first-order chi connectivity index (χ1) is 9.75. The maximum atomic E-state index is 12.6. The van der Waals surface area contributed by atoms with E-state index in [0.717, 1.165) is 30.5 Å². The Labute approximate surface area is 118 Å². The number of amides is 1. The fourth-order valence-corrected chi connectivity index (χ4v) is 2.72. The molecule has 0 aliphatic carbocycles. The smallest absolute Gasteiger partial charge is 0.254 e. The molecule has 1 aliphatic heterocycles. The average Bonchev–Trinajstić information content (AvgIpc) is 2.97. The van der Waals surface area contributed by atoms with Crippen LogP contribution in [0.1, 0.15) is 34.8 Å². The predicted octanol–water partition coefficient (Wildman–Crippen LogP) is 2.64. The summed E-state index contributed by atoms with van der Waals surface area (Å²) in [5.74, 6) is 0.595. The molecule has 1 aliphatic rings. The molecule has 1 fully saturated rings. The molecule has 0 radical (unpaired) electrons. The number of carbonyl (C=O) groups excluding carboxylic acids is 1. The van der Waals surface area contributed by atoms with Gasteiger partial charge in [-0.2, -0.15) is 0 Å². The highest BCUT2D eigenvalue weighted by Crippen LogP contribution is 2.32. The molecular weight excluding hydrogens is 250 g/mol. The molecule has 102 valence electrons. The Morgan fingerprint density at radius 1 is 1.20 bits per heavy atom. The van der Waals surface area contributed by atoms with Gasteiger partial charge in [0, 0.05) is 18.3 Å². The first-order valence-electron chi connectivity index (χ1n) is 6.83. The fraction of sp³-hybridized carbons (Fsp3) is 0.250. The van der Waals surface area contributed by atoms with Gasteiger partial charge >= 0.3 is 0 Å². The first-order valence-corrected chi connectivity index (χ1v) is 6.83. The number of nitrogens with zero attached hydrogens (tertiary/aromatic N) is 2. The number of benzene rings is 1. The normalized spacial score (nSPS) is 18.2. The number of aromatic nitrogens is 1. The van der Waals surface area contributed by atoms with Crippen LogP contribution < -0.4 is 5.73 Å². The van der Waals surface area contributed by atoms with E-state index in [1.165, 1.54) is 0 Å². The Bertz CT molecular complexity index is 595. The van der Waals surface area contributed by atoms with Crippen LogP contribution in [0.3, 0.4) is 0 Å². The molecule has 1 atom stereocenters. The highest BCUT2D eigenvalue weighted by molar-refractivity contribution is 5.94. The predicted molar refractivity (Wildman–Crippen MR) is 78.1 cm³/mol. The van der Waals surface area contributed by atoms with E-state index in [1.54, 1.807) is 12.3 Å². The van der Waals surface area contributed by atoms with Crippen LogP contribution in [-0.2, 0) is 0 Å². The minimum absolute atomic E-state index is 0.0879. The van der Waals surface area contributed by atoms with Gasteiger partial charge in [0.25, 0.3) is 5.91 Å². The van der Waals surface area contributed by atoms with Crippen molar-refractivity contribution in [1.82, 2.24) is 9.88 Å². The van der Waals surface area contributed by atoms with Crippen LogP contribution in [0.25, 0.3) is 0 Å². The van der Waals surface area contributed by atoms with Crippen LogP contribution in [0.4, 0.5) is 5.82 Å². The number of nitrogen functional groups attached to an aromatic ring is 1. The van der Waals surface area contributed by atoms with E-state index in [0.29, 0.717) is 5.82 Å². The molecule has 2 heterocycles. The zero-order chi connectivity index (χ0) is 13.9. The highest BCUT2D eigenvalue weighted by atomic mass is 16.2. The third-order valence-corrected chi connectivity index (χ3v) is 3.73. The van der Waals surface area contributed by atoms with Gasteiger partial charge in [-0.3, -0.25) is 4.79 Å². The third-order valence-electron chi connectivity index (χ3n) is 3.73. The molecule has 1 aromatic heterocycles. The first kappa shape index (κ1) is 12.7. The highest BCUT2D eigenvalue weighted by Gasteiger charge is 2.30. The Balaban J connectivity index is 1.86. The lowest BCUT2D eigenvalue weighted by molar-refractivity contribution is 0.0735. The molecule has 20 heavy (non-hydrogen) atoms. The van der Waals surface area contributed by atoms with Gasteiger partial charge < -0.3 is 10.6 Å². The molecule has 0 spiro atoms. The minimum Gasteiger partial charge on any atom is -0.384 e. The van der Waals surface area contributed by atoms with Gasteiger partial charge in [0.15, 0.2) is 0 Å². The summed E-state index contributed by atoms with van der Waals surface area (Å²) in [6.45, 7) is 0.794. The van der Waals surface area contributed by atoms with Crippen LogP contribution >= 0.6 is 0 Å². The van der Waals surface area contributed by atoms with E-state index < -0.39 is 0 Å². The quantitative estimate of drug-likeness (QED) is 0.910. The number of nitrogens with two attached hydrogens (primary N) is 1. The maximum Gasteiger partial charge on any atom is 0.254 e. The minimum atomic E-state index is 0.0879. The van der Waals surface area contributed by atoms with Crippen LogP contribution in [-0.4, -0.2) is 22.3 Å². The Kier molecular flexibility index (Phi) is 3.37. The van der Waals surface area contributed by atoms with Gasteiger partial charge in [-0.15, -0.1) is 0 Å².